The van der Waals surface area contributed by atoms with Gasteiger partial charge in [-0.2, -0.15) is 0 Å². The number of fused-ring (bicyclic) bond motifs is 6. The summed E-state index contributed by atoms with van der Waals surface area (Å²) in [6, 6.07) is 65.2. The van der Waals surface area contributed by atoms with Crippen LogP contribution in [0.2, 0.25) is 0 Å². The van der Waals surface area contributed by atoms with Crippen molar-refractivity contribution in [2.24, 2.45) is 0 Å². The molecule has 0 bridgehead atoms. The Labute approximate surface area is 370 Å². The molecule has 10 rings (SSSR count). The molecule has 0 heteroatoms. The highest BCUT2D eigenvalue weighted by atomic mass is 14.4. The van der Waals surface area contributed by atoms with Gasteiger partial charge in [-0.1, -0.05) is 191 Å². The van der Waals surface area contributed by atoms with E-state index in [0.29, 0.717) is 0 Å². The van der Waals surface area contributed by atoms with E-state index in [0.717, 1.165) is 0 Å². The summed E-state index contributed by atoms with van der Waals surface area (Å²) >= 11 is 0. The van der Waals surface area contributed by atoms with Crippen molar-refractivity contribution in [3.05, 3.63) is 203 Å². The molecule has 0 fully saturated rings. The van der Waals surface area contributed by atoms with Crippen LogP contribution in [0.3, 0.4) is 0 Å². The fourth-order valence-corrected chi connectivity index (χ4v) is 10.3. The predicted molar refractivity (Wildman–Crippen MR) is 266 cm³/mol. The Morgan fingerprint density at radius 2 is 0.532 bits per heavy atom. The monoisotopic (exact) mass is 802 g/mol. The van der Waals surface area contributed by atoms with Crippen LogP contribution in [-0.2, 0) is 21.7 Å². The quantitative estimate of drug-likeness (QED) is 0.163. The summed E-state index contributed by atoms with van der Waals surface area (Å²) in [5.74, 6) is 0. The van der Waals surface area contributed by atoms with Crippen molar-refractivity contribution in [3.8, 4) is 77.9 Å². The largest absolute Gasteiger partial charge is 0.0619 e. The van der Waals surface area contributed by atoms with Crippen LogP contribution in [0.1, 0.15) is 103 Å². The smallest absolute Gasteiger partial charge is 0.0159 e. The van der Waals surface area contributed by atoms with Gasteiger partial charge in [0.05, 0.1) is 0 Å². The molecule has 0 aliphatic heterocycles. The topological polar surface area (TPSA) is 0 Å². The van der Waals surface area contributed by atoms with Crippen LogP contribution in [0.25, 0.3) is 77.9 Å². The van der Waals surface area contributed by atoms with Crippen LogP contribution in [0.4, 0.5) is 0 Å². The predicted octanol–water partition coefficient (Wildman–Crippen LogP) is 17.2. The second-order valence-electron chi connectivity index (χ2n) is 21.1. The van der Waals surface area contributed by atoms with Crippen molar-refractivity contribution in [1.29, 1.82) is 0 Å². The molecule has 0 N–H and O–H groups in total. The third-order valence-electron chi connectivity index (χ3n) is 14.2. The first kappa shape index (κ1) is 39.9. The summed E-state index contributed by atoms with van der Waals surface area (Å²) in [5.41, 5.74) is 25.9. The first-order valence-corrected chi connectivity index (χ1v) is 22.5. The zero-order valence-corrected chi connectivity index (χ0v) is 38.2. The van der Waals surface area contributed by atoms with Gasteiger partial charge in [-0.3, -0.25) is 0 Å². The SMILES string of the molecule is CC(C)(C)c1ccc(-c2cc(-c3cc(-c4ccc(C(C)(C)C)cc4)cc(-c4ccc5c(c4)C(C)(C)c4ccccc4-5)c3)cc(-c3ccc4c(c3)C(C)(C)c3ccccc3-4)c2)cc1. The Morgan fingerprint density at radius 3 is 0.871 bits per heavy atom. The molecule has 0 nitrogen and oxygen atoms in total. The van der Waals surface area contributed by atoms with Gasteiger partial charge in [-0.25, -0.2) is 0 Å². The van der Waals surface area contributed by atoms with Gasteiger partial charge in [0.15, 0.2) is 0 Å². The maximum absolute atomic E-state index is 2.46. The van der Waals surface area contributed by atoms with E-state index in [1.807, 2.05) is 0 Å². The number of benzene rings is 8. The number of hydrogen-bond donors (Lipinski definition) is 0. The lowest BCUT2D eigenvalue weighted by Crippen LogP contribution is -2.14. The number of rotatable bonds is 5. The maximum atomic E-state index is 2.46. The zero-order valence-electron chi connectivity index (χ0n) is 38.2. The lowest BCUT2D eigenvalue weighted by molar-refractivity contribution is 0.590. The minimum Gasteiger partial charge on any atom is -0.0619 e. The molecule has 8 aromatic rings. The van der Waals surface area contributed by atoms with E-state index in [-0.39, 0.29) is 21.7 Å². The average Bonchev–Trinajstić information content (AvgIpc) is 3.64. The standard InChI is InChI=1S/C62H58/c1-59(2,3)49-25-19-39(20-26-49)43-31-45(41-23-29-53-51-15-11-13-17-55(51)61(7,8)57(53)37-41)35-47(33-43)48-34-44(40-21-27-50(28-22-40)60(4,5)6)32-46(36-48)42-24-30-54-52-16-12-14-18-56(52)62(9,10)58(54)38-42/h11-38H,1-10H3. The van der Waals surface area contributed by atoms with Crippen LogP contribution in [0.5, 0.6) is 0 Å². The van der Waals surface area contributed by atoms with Crippen molar-refractivity contribution in [2.45, 2.75) is 90.9 Å². The van der Waals surface area contributed by atoms with Crippen molar-refractivity contribution in [3.63, 3.8) is 0 Å². The lowest BCUT2D eigenvalue weighted by atomic mass is 9.81. The summed E-state index contributed by atoms with van der Waals surface area (Å²) in [6.07, 6.45) is 0. The molecular formula is C62H58. The molecule has 0 heterocycles. The second kappa shape index (κ2) is 14.1. The molecule has 0 radical (unpaired) electrons. The second-order valence-corrected chi connectivity index (χ2v) is 21.1. The fraction of sp³-hybridized carbons (Fsp3) is 0.226. The summed E-state index contributed by atoms with van der Waals surface area (Å²) in [4.78, 5) is 0. The molecule has 62 heavy (non-hydrogen) atoms. The summed E-state index contributed by atoms with van der Waals surface area (Å²) in [7, 11) is 0. The van der Waals surface area contributed by atoms with Gasteiger partial charge in [-0.05, 0) is 171 Å². The summed E-state index contributed by atoms with van der Waals surface area (Å²) in [6.45, 7) is 23.2. The van der Waals surface area contributed by atoms with Crippen molar-refractivity contribution < 1.29 is 0 Å². The van der Waals surface area contributed by atoms with Crippen LogP contribution in [-0.4, -0.2) is 0 Å². The molecule has 0 aromatic heterocycles. The maximum Gasteiger partial charge on any atom is 0.0159 e. The minimum absolute atomic E-state index is 0.0806. The normalized spacial score (nSPS) is 14.5. The third kappa shape index (κ3) is 6.67. The lowest BCUT2D eigenvalue weighted by Gasteiger charge is -2.22. The van der Waals surface area contributed by atoms with Crippen LogP contribution in [0.15, 0.2) is 170 Å². The van der Waals surface area contributed by atoms with Gasteiger partial charge in [0.1, 0.15) is 0 Å². The molecule has 0 spiro atoms. The molecule has 2 aliphatic rings. The Balaban J connectivity index is 1.17. The van der Waals surface area contributed by atoms with Gasteiger partial charge in [0.25, 0.3) is 0 Å². The molecule has 0 atom stereocenters. The molecule has 0 saturated carbocycles. The fourth-order valence-electron chi connectivity index (χ4n) is 10.3. The minimum atomic E-state index is -0.0806. The highest BCUT2D eigenvalue weighted by Crippen LogP contribution is 2.51. The average molecular weight is 803 g/mol. The van der Waals surface area contributed by atoms with Crippen molar-refractivity contribution in [2.75, 3.05) is 0 Å². The van der Waals surface area contributed by atoms with Gasteiger partial charge in [0.2, 0.25) is 0 Å². The molecule has 0 unspecified atom stereocenters. The molecular weight excluding hydrogens is 745 g/mol. The van der Waals surface area contributed by atoms with Gasteiger partial charge in [-0.15, -0.1) is 0 Å². The van der Waals surface area contributed by atoms with Crippen molar-refractivity contribution in [1.82, 2.24) is 0 Å². The molecule has 0 saturated heterocycles. The third-order valence-corrected chi connectivity index (χ3v) is 14.2. The van der Waals surface area contributed by atoms with E-state index in [1.165, 1.54) is 111 Å². The molecule has 8 aromatic carbocycles. The Morgan fingerprint density at radius 1 is 0.258 bits per heavy atom. The van der Waals surface area contributed by atoms with E-state index in [4.69, 9.17) is 0 Å². The highest BCUT2D eigenvalue weighted by Gasteiger charge is 2.36. The van der Waals surface area contributed by atoms with Crippen LogP contribution in [0, 0.1) is 0 Å². The van der Waals surface area contributed by atoms with E-state index >= 15 is 0 Å². The van der Waals surface area contributed by atoms with Gasteiger partial charge >= 0.3 is 0 Å². The van der Waals surface area contributed by atoms with Gasteiger partial charge < -0.3 is 0 Å². The highest BCUT2D eigenvalue weighted by molar-refractivity contribution is 5.90. The summed E-state index contributed by atoms with van der Waals surface area (Å²) < 4.78 is 0. The van der Waals surface area contributed by atoms with E-state index < -0.39 is 0 Å². The van der Waals surface area contributed by atoms with Crippen LogP contribution >= 0.6 is 0 Å². The van der Waals surface area contributed by atoms with Gasteiger partial charge in [0, 0.05) is 10.8 Å². The molecule has 0 amide bonds. The first-order chi connectivity index (χ1) is 29.5. The molecule has 2 aliphatic carbocycles. The van der Waals surface area contributed by atoms with E-state index in [9.17, 15) is 0 Å². The Bertz CT molecular complexity index is 2830. The van der Waals surface area contributed by atoms with Crippen molar-refractivity contribution >= 4 is 0 Å². The Hall–Kier alpha value is -6.24. The zero-order chi connectivity index (χ0) is 43.3. The van der Waals surface area contributed by atoms with E-state index in [2.05, 4.69) is 239 Å². The Kier molecular flexibility index (Phi) is 9.10. The first-order valence-electron chi connectivity index (χ1n) is 22.5. The van der Waals surface area contributed by atoms with E-state index in [1.54, 1.807) is 0 Å². The summed E-state index contributed by atoms with van der Waals surface area (Å²) in [5, 5.41) is 0. The van der Waals surface area contributed by atoms with Crippen LogP contribution < -0.4 is 0 Å². The molecule has 306 valence electrons. The number of hydrogen-bond acceptors (Lipinski definition) is 0.